The molecule has 0 radical (unpaired) electrons. The van der Waals surface area contributed by atoms with E-state index in [1.807, 2.05) is 60.7 Å². The van der Waals surface area contributed by atoms with Crippen molar-refractivity contribution in [3.63, 3.8) is 0 Å². The smallest absolute Gasteiger partial charge is 0.260 e. The number of hydrogen-bond acceptors (Lipinski definition) is 4. The van der Waals surface area contributed by atoms with Crippen molar-refractivity contribution in [3.8, 4) is 5.75 Å². The summed E-state index contributed by atoms with van der Waals surface area (Å²) in [7, 11) is 3.20. The minimum Gasteiger partial charge on any atom is -0.497 e. The molecule has 2 aromatic carbocycles. The van der Waals surface area contributed by atoms with Gasteiger partial charge in [0.05, 0.1) is 7.11 Å². The highest BCUT2D eigenvalue weighted by molar-refractivity contribution is 8.01. The Hall–Kier alpha value is -2.24. The molecule has 2 atom stereocenters. The highest BCUT2D eigenvalue weighted by Gasteiger charge is 2.61. The van der Waals surface area contributed by atoms with Crippen LogP contribution in [0.3, 0.4) is 0 Å². The largest absolute Gasteiger partial charge is 0.497 e. The molecule has 4 nitrogen and oxygen atoms in total. The molecule has 0 aromatic heterocycles. The molecule has 0 saturated carbocycles. The van der Waals surface area contributed by atoms with Gasteiger partial charge in [0, 0.05) is 24.1 Å². The molecule has 1 aliphatic heterocycles. The Bertz CT molecular complexity index is 747. The molecular weight excluding hydrogens is 334 g/mol. The SMILES string of the molecule is C=CC[C@]1(Sc2ccccc2)[C@H](OC)C(=O)N1c1ccc(OC)cc1. The second-order valence-electron chi connectivity index (χ2n) is 5.74. The normalized spacial score (nSPS) is 22.4. The van der Waals surface area contributed by atoms with E-state index in [1.54, 1.807) is 30.9 Å². The van der Waals surface area contributed by atoms with Crippen LogP contribution in [0.15, 0.2) is 72.1 Å². The first-order valence-corrected chi connectivity index (χ1v) is 8.84. The first-order chi connectivity index (χ1) is 12.2. The summed E-state index contributed by atoms with van der Waals surface area (Å²) >= 11 is 1.63. The summed E-state index contributed by atoms with van der Waals surface area (Å²) in [4.78, 5) is 15.1. The van der Waals surface area contributed by atoms with Crippen LogP contribution >= 0.6 is 11.8 Å². The predicted molar refractivity (Wildman–Crippen MR) is 101 cm³/mol. The van der Waals surface area contributed by atoms with Gasteiger partial charge < -0.3 is 9.47 Å². The summed E-state index contributed by atoms with van der Waals surface area (Å²) in [5.74, 6) is 0.711. The number of β-lactam (4-membered cyclic amide) rings is 1. The second kappa shape index (κ2) is 7.33. The number of ether oxygens (including phenoxy) is 2. The van der Waals surface area contributed by atoms with Crippen LogP contribution in [0, 0.1) is 0 Å². The molecule has 1 aliphatic rings. The summed E-state index contributed by atoms with van der Waals surface area (Å²) in [6, 6.07) is 17.5. The Morgan fingerprint density at radius 2 is 1.84 bits per heavy atom. The fourth-order valence-electron chi connectivity index (χ4n) is 3.15. The average molecular weight is 355 g/mol. The Kier molecular flexibility index (Phi) is 5.16. The number of rotatable bonds is 7. The summed E-state index contributed by atoms with van der Waals surface area (Å²) in [6.45, 7) is 3.89. The van der Waals surface area contributed by atoms with E-state index < -0.39 is 11.0 Å². The molecule has 1 saturated heterocycles. The lowest BCUT2D eigenvalue weighted by molar-refractivity contribution is -0.141. The van der Waals surface area contributed by atoms with Crippen LogP contribution in [0.25, 0.3) is 0 Å². The van der Waals surface area contributed by atoms with Crippen LogP contribution in [-0.2, 0) is 9.53 Å². The maximum Gasteiger partial charge on any atom is 0.260 e. The third-order valence-corrected chi connectivity index (χ3v) is 5.70. The van der Waals surface area contributed by atoms with Gasteiger partial charge in [-0.1, -0.05) is 36.0 Å². The highest BCUT2D eigenvalue weighted by Crippen LogP contribution is 2.51. The molecular formula is C20H21NO3S. The lowest BCUT2D eigenvalue weighted by Crippen LogP contribution is -2.73. The number of thioether (sulfide) groups is 1. The number of carbonyl (C=O) groups is 1. The molecule has 25 heavy (non-hydrogen) atoms. The first kappa shape index (κ1) is 17.6. The van der Waals surface area contributed by atoms with Crippen LogP contribution in [-0.4, -0.2) is 31.1 Å². The van der Waals surface area contributed by atoms with Gasteiger partial charge in [-0.2, -0.15) is 0 Å². The average Bonchev–Trinajstić information content (AvgIpc) is 2.64. The standard InChI is InChI=1S/C20H21NO3S/c1-4-14-20(25-17-8-6-5-7-9-17)18(24-3)19(22)21(20)15-10-12-16(23-2)13-11-15/h4-13,18H,1,14H2,2-3H3/t18-,20+/m1/s1. The Balaban J connectivity index is 2.00. The maximum atomic E-state index is 12.8. The highest BCUT2D eigenvalue weighted by atomic mass is 32.2. The van der Waals surface area contributed by atoms with Gasteiger partial charge in [-0.05, 0) is 36.4 Å². The van der Waals surface area contributed by atoms with Crippen LogP contribution < -0.4 is 9.64 Å². The molecule has 0 bridgehead atoms. The van der Waals surface area contributed by atoms with E-state index in [0.29, 0.717) is 6.42 Å². The predicted octanol–water partition coefficient (Wildman–Crippen LogP) is 4.12. The summed E-state index contributed by atoms with van der Waals surface area (Å²) < 4.78 is 10.8. The topological polar surface area (TPSA) is 38.8 Å². The molecule has 0 spiro atoms. The van der Waals surface area contributed by atoms with Gasteiger partial charge in [0.1, 0.15) is 10.6 Å². The molecule has 1 amide bonds. The zero-order valence-corrected chi connectivity index (χ0v) is 15.2. The molecule has 0 N–H and O–H groups in total. The van der Waals surface area contributed by atoms with E-state index in [4.69, 9.17) is 9.47 Å². The van der Waals surface area contributed by atoms with E-state index >= 15 is 0 Å². The lowest BCUT2D eigenvalue weighted by Gasteiger charge is -2.55. The van der Waals surface area contributed by atoms with Crippen molar-refractivity contribution in [2.24, 2.45) is 0 Å². The zero-order valence-electron chi connectivity index (χ0n) is 14.3. The summed E-state index contributed by atoms with van der Waals surface area (Å²) in [5.41, 5.74) is 0.824. The van der Waals surface area contributed by atoms with Crippen LogP contribution in [0.2, 0.25) is 0 Å². The zero-order chi connectivity index (χ0) is 17.9. The summed E-state index contributed by atoms with van der Waals surface area (Å²) in [5, 5.41) is 0. The van der Waals surface area contributed by atoms with Crippen molar-refractivity contribution in [2.75, 3.05) is 19.1 Å². The molecule has 1 fully saturated rings. The first-order valence-electron chi connectivity index (χ1n) is 8.02. The molecule has 5 heteroatoms. The van der Waals surface area contributed by atoms with Gasteiger partial charge in [-0.25, -0.2) is 0 Å². The molecule has 0 aliphatic carbocycles. The number of nitrogens with zero attached hydrogens (tertiary/aromatic N) is 1. The minimum atomic E-state index is -0.552. The van der Waals surface area contributed by atoms with E-state index in [-0.39, 0.29) is 5.91 Å². The van der Waals surface area contributed by atoms with Crippen molar-refractivity contribution >= 4 is 23.4 Å². The Morgan fingerprint density at radius 3 is 2.40 bits per heavy atom. The third-order valence-electron chi connectivity index (χ3n) is 4.27. The van der Waals surface area contributed by atoms with Crippen molar-refractivity contribution in [2.45, 2.75) is 22.3 Å². The fraction of sp³-hybridized carbons (Fsp3) is 0.250. The molecule has 1 heterocycles. The van der Waals surface area contributed by atoms with Crippen LogP contribution in [0.1, 0.15) is 6.42 Å². The van der Waals surface area contributed by atoms with E-state index in [0.717, 1.165) is 16.3 Å². The van der Waals surface area contributed by atoms with Crippen molar-refractivity contribution in [1.29, 1.82) is 0 Å². The molecule has 130 valence electrons. The quantitative estimate of drug-likeness (QED) is 0.553. The fourth-order valence-corrected chi connectivity index (χ4v) is 4.64. The Morgan fingerprint density at radius 1 is 1.16 bits per heavy atom. The monoisotopic (exact) mass is 355 g/mol. The second-order valence-corrected chi connectivity index (χ2v) is 7.12. The van der Waals surface area contributed by atoms with Gasteiger partial charge in [-0.3, -0.25) is 9.69 Å². The van der Waals surface area contributed by atoms with Crippen LogP contribution in [0.5, 0.6) is 5.75 Å². The van der Waals surface area contributed by atoms with Gasteiger partial charge in [0.2, 0.25) is 0 Å². The van der Waals surface area contributed by atoms with Crippen molar-refractivity contribution < 1.29 is 14.3 Å². The van der Waals surface area contributed by atoms with E-state index in [1.165, 1.54) is 0 Å². The minimum absolute atomic E-state index is 0.0436. The number of methoxy groups -OCH3 is 2. The summed E-state index contributed by atoms with van der Waals surface area (Å²) in [6.07, 6.45) is 1.94. The van der Waals surface area contributed by atoms with Gasteiger partial charge >= 0.3 is 0 Å². The van der Waals surface area contributed by atoms with Gasteiger partial charge in [0.25, 0.3) is 5.91 Å². The van der Waals surface area contributed by atoms with Crippen molar-refractivity contribution in [1.82, 2.24) is 0 Å². The molecule has 2 aromatic rings. The molecule has 0 unspecified atom stereocenters. The van der Waals surface area contributed by atoms with E-state index in [2.05, 4.69) is 6.58 Å². The van der Waals surface area contributed by atoms with Gasteiger partial charge in [-0.15, -0.1) is 6.58 Å². The number of benzene rings is 2. The van der Waals surface area contributed by atoms with E-state index in [9.17, 15) is 4.79 Å². The van der Waals surface area contributed by atoms with Gasteiger partial charge in [0.15, 0.2) is 6.10 Å². The third kappa shape index (κ3) is 3.05. The number of amides is 1. The van der Waals surface area contributed by atoms with Crippen LogP contribution in [0.4, 0.5) is 5.69 Å². The number of carbonyl (C=O) groups excluding carboxylic acids is 1. The number of hydrogen-bond donors (Lipinski definition) is 0. The maximum absolute atomic E-state index is 12.8. The molecule has 3 rings (SSSR count). The Labute approximate surface area is 152 Å². The van der Waals surface area contributed by atoms with Crippen molar-refractivity contribution in [3.05, 3.63) is 67.3 Å². The lowest BCUT2D eigenvalue weighted by atomic mass is 9.92. The number of anilines is 1.